The predicted octanol–water partition coefficient (Wildman–Crippen LogP) is 4.21. The lowest BCUT2D eigenvalue weighted by molar-refractivity contribution is -0.170. The third-order valence-electron chi connectivity index (χ3n) is 4.91. The fourth-order valence-corrected chi connectivity index (χ4v) is 2.98. The molecule has 0 aliphatic rings. The number of hydrogen-bond acceptors (Lipinski definition) is 5. The van der Waals surface area contributed by atoms with Gasteiger partial charge in [0.15, 0.2) is 8.32 Å². The monoisotopic (exact) mass is 416 g/mol. The zero-order chi connectivity index (χ0) is 22.5. The summed E-state index contributed by atoms with van der Waals surface area (Å²) in [5.41, 5.74) is 0.0308. The largest absolute Gasteiger partial charge is 0.444 e. The number of hydrogen-bond donors (Lipinski definition) is 0. The molecule has 0 saturated carbocycles. The Morgan fingerprint density at radius 3 is 1.96 bits per heavy atom. The third kappa shape index (κ3) is 8.32. The molecule has 0 rings (SSSR count). The van der Waals surface area contributed by atoms with Gasteiger partial charge in [0, 0.05) is 7.05 Å². The highest BCUT2D eigenvalue weighted by Gasteiger charge is 2.39. The average molecular weight is 417 g/mol. The first-order valence-electron chi connectivity index (χ1n) is 9.52. The molecule has 0 fully saturated rings. The van der Waals surface area contributed by atoms with E-state index < -0.39 is 26.1 Å². The molecule has 0 aliphatic heterocycles. The van der Waals surface area contributed by atoms with Crippen molar-refractivity contribution >= 4 is 20.3 Å². The standard InChI is InChI=1S/C20H40N2O5Si/c1-15(2)16(14-26-28(11,12)20(6,7)8)22(13-17(23)21(9)25-10)18(24)27-19(3,4)5/h16H,1,13-14H2,2-12H3/t16-/m1/s1. The SMILES string of the molecule is C=C(C)[C@@H](CO[Si](C)(C)C(C)(C)C)N(CC(=O)N(C)OC)C(=O)OC(C)(C)C. The summed E-state index contributed by atoms with van der Waals surface area (Å²) < 4.78 is 11.9. The minimum atomic E-state index is -2.05. The summed E-state index contributed by atoms with van der Waals surface area (Å²) in [6.07, 6.45) is -0.586. The van der Waals surface area contributed by atoms with Crippen molar-refractivity contribution in [3.8, 4) is 0 Å². The lowest BCUT2D eigenvalue weighted by Gasteiger charge is -2.40. The average Bonchev–Trinajstić information content (AvgIpc) is 2.49. The van der Waals surface area contributed by atoms with Gasteiger partial charge in [0.2, 0.25) is 0 Å². The van der Waals surface area contributed by atoms with Gasteiger partial charge in [-0.25, -0.2) is 9.86 Å². The minimum absolute atomic E-state index is 0.0233. The molecule has 28 heavy (non-hydrogen) atoms. The second-order valence-corrected chi connectivity index (χ2v) is 14.4. The normalized spacial score (nSPS) is 13.7. The smallest absolute Gasteiger partial charge is 0.411 e. The van der Waals surface area contributed by atoms with Gasteiger partial charge >= 0.3 is 6.09 Å². The Morgan fingerprint density at radius 1 is 1.11 bits per heavy atom. The number of carbonyl (C=O) groups is 2. The van der Waals surface area contributed by atoms with E-state index in [2.05, 4.69) is 40.4 Å². The van der Waals surface area contributed by atoms with Crippen LogP contribution in [0.5, 0.6) is 0 Å². The molecule has 7 nitrogen and oxygen atoms in total. The summed E-state index contributed by atoms with van der Waals surface area (Å²) in [6, 6.07) is -0.488. The van der Waals surface area contributed by atoms with E-state index >= 15 is 0 Å². The van der Waals surface area contributed by atoms with Gasteiger partial charge in [0.05, 0.1) is 19.8 Å². The topological polar surface area (TPSA) is 68.3 Å². The number of amides is 2. The Balaban J connectivity index is 5.71. The molecular weight excluding hydrogens is 376 g/mol. The third-order valence-corrected chi connectivity index (χ3v) is 9.41. The van der Waals surface area contributed by atoms with Crippen molar-refractivity contribution in [1.82, 2.24) is 9.96 Å². The molecule has 0 N–H and O–H groups in total. The fourth-order valence-electron chi connectivity index (χ4n) is 1.97. The molecule has 0 aliphatic carbocycles. The number of carbonyl (C=O) groups excluding carboxylic acids is 2. The van der Waals surface area contributed by atoms with E-state index in [1.807, 2.05) is 6.92 Å². The number of rotatable bonds is 8. The summed E-state index contributed by atoms with van der Waals surface area (Å²) in [7, 11) is 0.843. The van der Waals surface area contributed by atoms with Gasteiger partial charge < -0.3 is 9.16 Å². The van der Waals surface area contributed by atoms with E-state index in [-0.39, 0.29) is 24.1 Å². The molecule has 0 aromatic heterocycles. The van der Waals surface area contributed by atoms with Crippen LogP contribution in [0, 0.1) is 0 Å². The van der Waals surface area contributed by atoms with Crippen LogP contribution in [0.25, 0.3) is 0 Å². The van der Waals surface area contributed by atoms with Crippen molar-refractivity contribution in [3.63, 3.8) is 0 Å². The highest BCUT2D eigenvalue weighted by atomic mass is 28.4. The van der Waals surface area contributed by atoms with Crippen molar-refractivity contribution < 1.29 is 23.6 Å². The van der Waals surface area contributed by atoms with Crippen molar-refractivity contribution in [3.05, 3.63) is 12.2 Å². The van der Waals surface area contributed by atoms with Crippen molar-refractivity contribution in [1.29, 1.82) is 0 Å². The van der Waals surface area contributed by atoms with Crippen LogP contribution in [-0.2, 0) is 18.8 Å². The van der Waals surface area contributed by atoms with Gasteiger partial charge in [-0.15, -0.1) is 0 Å². The van der Waals surface area contributed by atoms with Crippen LogP contribution in [0.4, 0.5) is 4.79 Å². The molecule has 0 heterocycles. The van der Waals surface area contributed by atoms with Crippen LogP contribution >= 0.6 is 0 Å². The molecule has 0 bridgehead atoms. The summed E-state index contributed by atoms with van der Waals surface area (Å²) in [5, 5.41) is 1.11. The maximum atomic E-state index is 12.9. The fraction of sp³-hybridized carbons (Fsp3) is 0.800. The summed E-state index contributed by atoms with van der Waals surface area (Å²) >= 11 is 0. The molecule has 1 atom stereocenters. The van der Waals surface area contributed by atoms with Gasteiger partial charge in [-0.05, 0) is 45.8 Å². The molecule has 0 saturated heterocycles. The Kier molecular flexibility index (Phi) is 9.40. The van der Waals surface area contributed by atoms with E-state index in [1.165, 1.54) is 19.1 Å². The Labute approximate surface area is 172 Å². The molecule has 0 radical (unpaired) electrons. The minimum Gasteiger partial charge on any atom is -0.444 e. The van der Waals surface area contributed by atoms with Gasteiger partial charge in [-0.1, -0.05) is 32.9 Å². The summed E-state index contributed by atoms with van der Waals surface area (Å²) in [6.45, 7) is 22.0. The molecule has 0 spiro atoms. The van der Waals surface area contributed by atoms with Crippen LogP contribution < -0.4 is 0 Å². The molecule has 0 aromatic carbocycles. The quantitative estimate of drug-likeness (QED) is 0.337. The lowest BCUT2D eigenvalue weighted by Crippen LogP contribution is -2.52. The van der Waals surface area contributed by atoms with Crippen molar-refractivity contribution in [2.75, 3.05) is 27.3 Å². The second-order valence-electron chi connectivity index (χ2n) is 9.62. The summed E-state index contributed by atoms with van der Waals surface area (Å²) in [4.78, 5) is 31.6. The number of hydroxylamine groups is 2. The van der Waals surface area contributed by atoms with E-state index in [1.54, 1.807) is 20.8 Å². The van der Waals surface area contributed by atoms with Crippen molar-refractivity contribution in [2.45, 2.75) is 78.2 Å². The molecule has 2 amide bonds. The first-order valence-corrected chi connectivity index (χ1v) is 12.4. The Morgan fingerprint density at radius 2 is 1.61 bits per heavy atom. The van der Waals surface area contributed by atoms with E-state index in [0.29, 0.717) is 0 Å². The first kappa shape index (κ1) is 26.6. The number of nitrogens with zero attached hydrogens (tertiary/aromatic N) is 2. The lowest BCUT2D eigenvalue weighted by atomic mass is 10.1. The zero-order valence-corrected chi connectivity index (χ0v) is 20.6. The zero-order valence-electron chi connectivity index (χ0n) is 19.6. The molecular formula is C20H40N2O5Si. The van der Waals surface area contributed by atoms with E-state index in [4.69, 9.17) is 14.0 Å². The van der Waals surface area contributed by atoms with Crippen LogP contribution in [0.2, 0.25) is 18.1 Å². The summed E-state index contributed by atoms with van der Waals surface area (Å²) in [5.74, 6) is -0.369. The Hall–Kier alpha value is -1.38. The van der Waals surface area contributed by atoms with E-state index in [0.717, 1.165) is 10.6 Å². The first-order chi connectivity index (χ1) is 12.4. The highest BCUT2D eigenvalue weighted by Crippen LogP contribution is 2.37. The molecule has 0 aromatic rings. The predicted molar refractivity (Wildman–Crippen MR) is 114 cm³/mol. The van der Waals surface area contributed by atoms with Gasteiger partial charge in [-0.2, -0.15) is 0 Å². The molecule has 8 heteroatoms. The molecule has 164 valence electrons. The maximum absolute atomic E-state index is 12.9. The second kappa shape index (κ2) is 9.89. The van der Waals surface area contributed by atoms with E-state index in [9.17, 15) is 9.59 Å². The van der Waals surface area contributed by atoms with Crippen molar-refractivity contribution in [2.24, 2.45) is 0 Å². The van der Waals surface area contributed by atoms with Crippen LogP contribution in [-0.4, -0.2) is 69.2 Å². The van der Waals surface area contributed by atoms with Crippen LogP contribution in [0.1, 0.15) is 48.5 Å². The van der Waals surface area contributed by atoms with Gasteiger partial charge in [0.1, 0.15) is 12.1 Å². The van der Waals surface area contributed by atoms with Crippen LogP contribution in [0.3, 0.4) is 0 Å². The number of ether oxygens (including phenoxy) is 1. The highest BCUT2D eigenvalue weighted by molar-refractivity contribution is 6.74. The van der Waals surface area contributed by atoms with Gasteiger partial charge in [0.25, 0.3) is 5.91 Å². The maximum Gasteiger partial charge on any atom is 0.411 e. The Bertz CT molecular complexity index is 564. The number of likely N-dealkylation sites (N-methyl/N-ethyl adjacent to an activating group) is 1. The van der Waals surface area contributed by atoms with Crippen LogP contribution in [0.15, 0.2) is 12.2 Å². The molecule has 0 unspecified atom stereocenters. The van der Waals surface area contributed by atoms with Gasteiger partial charge in [-0.3, -0.25) is 14.5 Å².